The van der Waals surface area contributed by atoms with Crippen molar-refractivity contribution in [2.45, 2.75) is 13.0 Å². The van der Waals surface area contributed by atoms with Gasteiger partial charge in [0.2, 0.25) is 5.75 Å². The van der Waals surface area contributed by atoms with Crippen LogP contribution >= 0.6 is 0 Å². The highest BCUT2D eigenvalue weighted by atomic mass is 16.3. The SMILES string of the molecule is C=CCCNCc1ccc(O)c(O)c1O. The lowest BCUT2D eigenvalue weighted by Crippen LogP contribution is -2.13. The van der Waals surface area contributed by atoms with Gasteiger partial charge in [0.25, 0.3) is 0 Å². The Morgan fingerprint density at radius 3 is 2.60 bits per heavy atom. The zero-order valence-electron chi connectivity index (χ0n) is 8.40. The van der Waals surface area contributed by atoms with Crippen molar-refractivity contribution in [2.24, 2.45) is 0 Å². The summed E-state index contributed by atoms with van der Waals surface area (Å²) < 4.78 is 0. The van der Waals surface area contributed by atoms with Crippen LogP contribution in [-0.2, 0) is 6.54 Å². The molecule has 0 amide bonds. The average molecular weight is 209 g/mol. The van der Waals surface area contributed by atoms with Crippen LogP contribution in [0.2, 0.25) is 0 Å². The van der Waals surface area contributed by atoms with Gasteiger partial charge >= 0.3 is 0 Å². The Balaban J connectivity index is 2.62. The van der Waals surface area contributed by atoms with Gasteiger partial charge in [0.15, 0.2) is 11.5 Å². The Labute approximate surface area is 88.5 Å². The van der Waals surface area contributed by atoms with Crippen molar-refractivity contribution in [2.75, 3.05) is 6.54 Å². The van der Waals surface area contributed by atoms with Gasteiger partial charge in [-0.25, -0.2) is 0 Å². The standard InChI is InChI=1S/C11H15NO3/c1-2-3-6-12-7-8-4-5-9(13)11(15)10(8)14/h2,4-5,12-15H,1,3,6-7H2. The third-order valence-electron chi connectivity index (χ3n) is 2.05. The molecule has 4 heteroatoms. The van der Waals surface area contributed by atoms with Crippen molar-refractivity contribution < 1.29 is 15.3 Å². The molecule has 1 aromatic rings. The van der Waals surface area contributed by atoms with Gasteiger partial charge in [0, 0.05) is 12.1 Å². The highest BCUT2D eigenvalue weighted by molar-refractivity contribution is 5.52. The zero-order valence-corrected chi connectivity index (χ0v) is 8.40. The number of rotatable bonds is 5. The lowest BCUT2D eigenvalue weighted by molar-refractivity contribution is 0.364. The second-order valence-electron chi connectivity index (χ2n) is 3.20. The molecule has 0 aliphatic rings. The number of phenolic OH excluding ortho intramolecular Hbond substituents is 3. The van der Waals surface area contributed by atoms with Crippen molar-refractivity contribution in [3.8, 4) is 17.2 Å². The molecule has 1 rings (SSSR count). The van der Waals surface area contributed by atoms with E-state index in [1.807, 2.05) is 0 Å². The Morgan fingerprint density at radius 1 is 1.20 bits per heavy atom. The molecule has 0 aliphatic carbocycles. The predicted molar refractivity (Wildman–Crippen MR) is 58.0 cm³/mol. The maximum absolute atomic E-state index is 9.46. The number of hydrogen-bond donors (Lipinski definition) is 4. The van der Waals surface area contributed by atoms with Crippen molar-refractivity contribution in [3.05, 3.63) is 30.4 Å². The van der Waals surface area contributed by atoms with Crippen LogP contribution in [0.15, 0.2) is 24.8 Å². The first kappa shape index (κ1) is 11.4. The third-order valence-corrected chi connectivity index (χ3v) is 2.05. The fourth-order valence-electron chi connectivity index (χ4n) is 1.18. The van der Waals surface area contributed by atoms with Crippen LogP contribution in [0.1, 0.15) is 12.0 Å². The lowest BCUT2D eigenvalue weighted by Gasteiger charge is -2.08. The van der Waals surface area contributed by atoms with E-state index in [4.69, 9.17) is 5.11 Å². The van der Waals surface area contributed by atoms with E-state index in [2.05, 4.69) is 11.9 Å². The van der Waals surface area contributed by atoms with Crippen molar-refractivity contribution in [1.29, 1.82) is 0 Å². The molecule has 1 aromatic carbocycles. The Hall–Kier alpha value is -1.68. The van der Waals surface area contributed by atoms with E-state index < -0.39 is 5.75 Å². The fourth-order valence-corrected chi connectivity index (χ4v) is 1.18. The summed E-state index contributed by atoms with van der Waals surface area (Å²) in [6.45, 7) is 4.78. The summed E-state index contributed by atoms with van der Waals surface area (Å²) >= 11 is 0. The van der Waals surface area contributed by atoms with Crippen LogP contribution < -0.4 is 5.32 Å². The van der Waals surface area contributed by atoms with E-state index in [-0.39, 0.29) is 11.5 Å². The third kappa shape index (κ3) is 2.89. The van der Waals surface area contributed by atoms with Crippen LogP contribution in [0, 0.1) is 0 Å². The quantitative estimate of drug-likeness (QED) is 0.336. The van der Waals surface area contributed by atoms with Crippen molar-refractivity contribution in [1.82, 2.24) is 5.32 Å². The molecule has 4 nitrogen and oxygen atoms in total. The predicted octanol–water partition coefficient (Wildman–Crippen LogP) is 1.47. The van der Waals surface area contributed by atoms with Gasteiger partial charge < -0.3 is 20.6 Å². The van der Waals surface area contributed by atoms with Gasteiger partial charge in [-0.1, -0.05) is 12.1 Å². The lowest BCUT2D eigenvalue weighted by atomic mass is 10.1. The van der Waals surface area contributed by atoms with Gasteiger partial charge in [0.05, 0.1) is 0 Å². The summed E-state index contributed by atoms with van der Waals surface area (Å²) in [5, 5.41) is 30.9. The van der Waals surface area contributed by atoms with Gasteiger partial charge in [-0.2, -0.15) is 0 Å². The maximum Gasteiger partial charge on any atom is 0.200 e. The number of benzene rings is 1. The molecule has 4 N–H and O–H groups in total. The van der Waals surface area contributed by atoms with Gasteiger partial charge in [-0.3, -0.25) is 0 Å². The average Bonchev–Trinajstić information content (AvgIpc) is 2.24. The fraction of sp³-hybridized carbons (Fsp3) is 0.273. The topological polar surface area (TPSA) is 72.7 Å². The van der Waals surface area contributed by atoms with Crippen LogP contribution in [0.3, 0.4) is 0 Å². The van der Waals surface area contributed by atoms with Gasteiger partial charge in [-0.05, 0) is 19.0 Å². The first-order valence-electron chi connectivity index (χ1n) is 4.71. The molecule has 0 unspecified atom stereocenters. The number of aromatic hydroxyl groups is 3. The minimum absolute atomic E-state index is 0.277. The highest BCUT2D eigenvalue weighted by Crippen LogP contribution is 2.36. The molecule has 0 spiro atoms. The summed E-state index contributed by atoms with van der Waals surface area (Å²) in [5.41, 5.74) is 0.550. The Bertz CT molecular complexity index is 350. The van der Waals surface area contributed by atoms with Gasteiger partial charge in [-0.15, -0.1) is 6.58 Å². The Kier molecular flexibility index (Phi) is 4.00. The number of nitrogens with one attached hydrogen (secondary N) is 1. The highest BCUT2D eigenvalue weighted by Gasteiger charge is 2.09. The second kappa shape index (κ2) is 5.26. The van der Waals surface area contributed by atoms with Crippen molar-refractivity contribution in [3.63, 3.8) is 0 Å². The van der Waals surface area contributed by atoms with Crippen LogP contribution in [-0.4, -0.2) is 21.9 Å². The summed E-state index contributed by atoms with van der Waals surface area (Å²) in [5.74, 6) is -1.07. The maximum atomic E-state index is 9.46. The molecule has 0 radical (unpaired) electrons. The molecular weight excluding hydrogens is 194 g/mol. The van der Waals surface area contributed by atoms with E-state index in [1.54, 1.807) is 12.1 Å². The molecule has 0 saturated carbocycles. The summed E-state index contributed by atoms with van der Waals surface area (Å²) in [6, 6.07) is 2.91. The molecule has 0 heterocycles. The van der Waals surface area contributed by atoms with E-state index in [0.29, 0.717) is 12.1 Å². The van der Waals surface area contributed by atoms with E-state index in [1.165, 1.54) is 6.07 Å². The summed E-state index contributed by atoms with van der Waals surface area (Å²) in [4.78, 5) is 0. The Morgan fingerprint density at radius 2 is 1.93 bits per heavy atom. The van der Waals surface area contributed by atoms with Crippen LogP contribution in [0.5, 0.6) is 17.2 Å². The molecule has 15 heavy (non-hydrogen) atoms. The smallest absolute Gasteiger partial charge is 0.200 e. The van der Waals surface area contributed by atoms with Crippen LogP contribution in [0.25, 0.3) is 0 Å². The molecule has 0 saturated heterocycles. The normalized spacial score (nSPS) is 10.1. The zero-order chi connectivity index (χ0) is 11.3. The minimum Gasteiger partial charge on any atom is -0.504 e. The van der Waals surface area contributed by atoms with E-state index in [0.717, 1.165) is 13.0 Å². The molecular formula is C11H15NO3. The number of phenols is 3. The largest absolute Gasteiger partial charge is 0.504 e. The van der Waals surface area contributed by atoms with Crippen LogP contribution in [0.4, 0.5) is 0 Å². The van der Waals surface area contributed by atoms with E-state index in [9.17, 15) is 10.2 Å². The van der Waals surface area contributed by atoms with Gasteiger partial charge in [0.1, 0.15) is 0 Å². The van der Waals surface area contributed by atoms with E-state index >= 15 is 0 Å². The number of hydrogen-bond acceptors (Lipinski definition) is 4. The second-order valence-corrected chi connectivity index (χ2v) is 3.20. The molecule has 0 aromatic heterocycles. The minimum atomic E-state index is -0.474. The molecule has 0 atom stereocenters. The molecule has 0 fully saturated rings. The molecule has 0 bridgehead atoms. The molecule has 82 valence electrons. The first-order chi connectivity index (χ1) is 7.16. The molecule has 0 aliphatic heterocycles. The monoisotopic (exact) mass is 209 g/mol. The summed E-state index contributed by atoms with van der Waals surface area (Å²) in [7, 11) is 0. The first-order valence-corrected chi connectivity index (χ1v) is 4.71. The van der Waals surface area contributed by atoms with Crippen molar-refractivity contribution >= 4 is 0 Å². The summed E-state index contributed by atoms with van der Waals surface area (Å²) in [6.07, 6.45) is 2.63.